The largest absolute Gasteiger partial charge is 0.477 e. The van der Waals surface area contributed by atoms with Gasteiger partial charge in [0.25, 0.3) is 0 Å². The molecular weight excluding hydrogens is 228 g/mol. The molecule has 0 unspecified atom stereocenters. The van der Waals surface area contributed by atoms with Gasteiger partial charge < -0.3 is 10.4 Å². The Hall–Kier alpha value is -2.36. The van der Waals surface area contributed by atoms with Gasteiger partial charge in [-0.25, -0.2) is 9.78 Å². The van der Waals surface area contributed by atoms with Crippen LogP contribution in [-0.2, 0) is 6.54 Å². The fraction of sp³-hybridized carbons (Fsp3) is 0.143. The zero-order valence-corrected chi connectivity index (χ0v) is 10.1. The molecular formula is C14H14N2O2. The third-order valence-electron chi connectivity index (χ3n) is 2.52. The number of aryl methyl sites for hydroxylation is 1. The summed E-state index contributed by atoms with van der Waals surface area (Å²) in [4.78, 5) is 14.8. The first-order valence-electron chi connectivity index (χ1n) is 5.65. The minimum Gasteiger partial charge on any atom is -0.477 e. The summed E-state index contributed by atoms with van der Waals surface area (Å²) in [6.07, 6.45) is 0. The zero-order valence-electron chi connectivity index (χ0n) is 10.1. The Morgan fingerprint density at radius 2 is 2.06 bits per heavy atom. The Kier molecular flexibility index (Phi) is 3.57. The fourth-order valence-corrected chi connectivity index (χ4v) is 1.64. The molecule has 0 saturated heterocycles. The summed E-state index contributed by atoms with van der Waals surface area (Å²) < 4.78 is 0. The summed E-state index contributed by atoms with van der Waals surface area (Å²) in [6.45, 7) is 2.53. The smallest absolute Gasteiger partial charge is 0.354 e. The maximum Gasteiger partial charge on any atom is 0.354 e. The number of benzene rings is 1. The van der Waals surface area contributed by atoms with Gasteiger partial charge in [-0.3, -0.25) is 0 Å². The van der Waals surface area contributed by atoms with Crippen LogP contribution in [0.3, 0.4) is 0 Å². The third kappa shape index (κ3) is 3.07. The topological polar surface area (TPSA) is 62.2 Å². The predicted octanol–water partition coefficient (Wildman–Crippen LogP) is 2.70. The quantitative estimate of drug-likeness (QED) is 0.865. The van der Waals surface area contributed by atoms with E-state index in [1.54, 1.807) is 12.1 Å². The number of carboxylic acid groups (broad SMARTS) is 1. The summed E-state index contributed by atoms with van der Waals surface area (Å²) in [5.74, 6) is -1.01. The Morgan fingerprint density at radius 3 is 2.78 bits per heavy atom. The standard InChI is InChI=1S/C14H14N2O2/c1-10-4-2-5-11(8-10)15-9-12-6-3-7-13(16-12)14(17)18/h2-8,15H,9H2,1H3,(H,17,18). The number of nitrogens with zero attached hydrogens (tertiary/aromatic N) is 1. The molecule has 1 aromatic heterocycles. The molecule has 1 aromatic carbocycles. The molecule has 0 bridgehead atoms. The number of hydrogen-bond acceptors (Lipinski definition) is 3. The molecule has 4 heteroatoms. The van der Waals surface area contributed by atoms with Crippen LogP contribution < -0.4 is 5.32 Å². The van der Waals surface area contributed by atoms with Crippen molar-refractivity contribution in [2.45, 2.75) is 13.5 Å². The van der Waals surface area contributed by atoms with Crippen LogP contribution in [0.5, 0.6) is 0 Å². The molecule has 4 nitrogen and oxygen atoms in total. The van der Waals surface area contributed by atoms with Gasteiger partial charge in [0.15, 0.2) is 0 Å². The van der Waals surface area contributed by atoms with Crippen molar-refractivity contribution >= 4 is 11.7 Å². The van der Waals surface area contributed by atoms with Gasteiger partial charge in [0.1, 0.15) is 5.69 Å². The molecule has 2 rings (SSSR count). The highest BCUT2D eigenvalue weighted by Gasteiger charge is 2.04. The van der Waals surface area contributed by atoms with Crippen LogP contribution in [0, 0.1) is 6.92 Å². The van der Waals surface area contributed by atoms with Crippen LogP contribution in [0.1, 0.15) is 21.7 Å². The van der Waals surface area contributed by atoms with Crippen molar-refractivity contribution in [1.29, 1.82) is 0 Å². The van der Waals surface area contributed by atoms with E-state index < -0.39 is 5.97 Å². The van der Waals surface area contributed by atoms with E-state index in [1.807, 2.05) is 31.2 Å². The molecule has 0 aliphatic rings. The van der Waals surface area contributed by atoms with Crippen LogP contribution in [0.25, 0.3) is 0 Å². The van der Waals surface area contributed by atoms with Crippen LogP contribution in [0.15, 0.2) is 42.5 Å². The number of rotatable bonds is 4. The van der Waals surface area contributed by atoms with Crippen molar-refractivity contribution in [3.05, 3.63) is 59.4 Å². The van der Waals surface area contributed by atoms with Crippen molar-refractivity contribution in [3.8, 4) is 0 Å². The van der Waals surface area contributed by atoms with Crippen molar-refractivity contribution in [3.63, 3.8) is 0 Å². The van der Waals surface area contributed by atoms with Crippen LogP contribution >= 0.6 is 0 Å². The average molecular weight is 242 g/mol. The lowest BCUT2D eigenvalue weighted by atomic mass is 10.2. The van der Waals surface area contributed by atoms with Crippen LogP contribution in [0.2, 0.25) is 0 Å². The first-order valence-corrected chi connectivity index (χ1v) is 5.65. The Balaban J connectivity index is 2.06. The number of aromatic nitrogens is 1. The number of pyridine rings is 1. The van der Waals surface area contributed by atoms with Gasteiger partial charge in [0, 0.05) is 5.69 Å². The number of carbonyl (C=O) groups is 1. The summed E-state index contributed by atoms with van der Waals surface area (Å²) in [5, 5.41) is 12.1. The van der Waals surface area contributed by atoms with E-state index in [4.69, 9.17) is 5.11 Å². The highest BCUT2D eigenvalue weighted by molar-refractivity contribution is 5.85. The van der Waals surface area contributed by atoms with E-state index in [9.17, 15) is 4.79 Å². The summed E-state index contributed by atoms with van der Waals surface area (Å²) in [5.41, 5.74) is 2.94. The minimum absolute atomic E-state index is 0.0681. The van der Waals surface area contributed by atoms with Crippen molar-refractivity contribution < 1.29 is 9.90 Å². The number of nitrogens with one attached hydrogen (secondary N) is 1. The van der Waals surface area contributed by atoms with Gasteiger partial charge in [0.05, 0.1) is 12.2 Å². The molecule has 2 aromatic rings. The molecule has 0 fully saturated rings. The summed E-state index contributed by atoms with van der Waals surface area (Å²) in [6, 6.07) is 13.0. The van der Waals surface area contributed by atoms with Gasteiger partial charge >= 0.3 is 5.97 Å². The van der Waals surface area contributed by atoms with Crippen LogP contribution in [-0.4, -0.2) is 16.1 Å². The van der Waals surface area contributed by atoms with E-state index in [-0.39, 0.29) is 5.69 Å². The maximum absolute atomic E-state index is 10.8. The summed E-state index contributed by atoms with van der Waals surface area (Å²) >= 11 is 0. The van der Waals surface area contributed by atoms with Gasteiger partial charge in [-0.15, -0.1) is 0 Å². The van der Waals surface area contributed by atoms with Gasteiger partial charge in [-0.1, -0.05) is 18.2 Å². The molecule has 92 valence electrons. The number of carboxylic acids is 1. The molecule has 0 aliphatic heterocycles. The maximum atomic E-state index is 10.8. The van der Waals surface area contributed by atoms with Crippen molar-refractivity contribution in [2.24, 2.45) is 0 Å². The van der Waals surface area contributed by atoms with E-state index in [2.05, 4.69) is 10.3 Å². The monoisotopic (exact) mass is 242 g/mol. The molecule has 0 radical (unpaired) electrons. The number of anilines is 1. The molecule has 0 saturated carbocycles. The van der Waals surface area contributed by atoms with Crippen LogP contribution in [0.4, 0.5) is 5.69 Å². The third-order valence-corrected chi connectivity index (χ3v) is 2.52. The number of aromatic carboxylic acids is 1. The lowest BCUT2D eigenvalue weighted by Gasteiger charge is -2.07. The molecule has 0 spiro atoms. The van der Waals surface area contributed by atoms with Gasteiger partial charge in [-0.2, -0.15) is 0 Å². The SMILES string of the molecule is Cc1cccc(NCc2cccc(C(=O)O)n2)c1. The van der Waals surface area contributed by atoms with E-state index >= 15 is 0 Å². The van der Waals surface area contributed by atoms with Gasteiger partial charge in [0.2, 0.25) is 0 Å². The lowest BCUT2D eigenvalue weighted by Crippen LogP contribution is -2.06. The van der Waals surface area contributed by atoms with E-state index in [0.29, 0.717) is 12.2 Å². The number of hydrogen-bond donors (Lipinski definition) is 2. The Morgan fingerprint density at radius 1 is 1.28 bits per heavy atom. The highest BCUT2D eigenvalue weighted by atomic mass is 16.4. The van der Waals surface area contributed by atoms with E-state index in [0.717, 1.165) is 5.69 Å². The molecule has 1 heterocycles. The molecule has 0 aliphatic carbocycles. The van der Waals surface area contributed by atoms with E-state index in [1.165, 1.54) is 11.6 Å². The first-order chi connectivity index (χ1) is 8.65. The minimum atomic E-state index is -1.01. The zero-order chi connectivity index (χ0) is 13.0. The van der Waals surface area contributed by atoms with Gasteiger partial charge in [-0.05, 0) is 36.8 Å². The second kappa shape index (κ2) is 5.31. The predicted molar refractivity (Wildman–Crippen MR) is 69.7 cm³/mol. The summed E-state index contributed by atoms with van der Waals surface area (Å²) in [7, 11) is 0. The lowest BCUT2D eigenvalue weighted by molar-refractivity contribution is 0.0690. The fourth-order valence-electron chi connectivity index (χ4n) is 1.64. The molecule has 2 N–H and O–H groups in total. The Labute approximate surface area is 105 Å². The molecule has 0 atom stereocenters. The molecule has 18 heavy (non-hydrogen) atoms. The van der Waals surface area contributed by atoms with Crippen molar-refractivity contribution in [2.75, 3.05) is 5.32 Å². The Bertz CT molecular complexity index is 567. The normalized spacial score (nSPS) is 10.1. The second-order valence-corrected chi connectivity index (χ2v) is 4.04. The first kappa shape index (κ1) is 12.1. The van der Waals surface area contributed by atoms with Crippen molar-refractivity contribution in [1.82, 2.24) is 4.98 Å². The average Bonchev–Trinajstić information content (AvgIpc) is 2.37. The molecule has 0 amide bonds. The second-order valence-electron chi connectivity index (χ2n) is 4.04. The highest BCUT2D eigenvalue weighted by Crippen LogP contribution is 2.11.